The number of guanidine groups is 1. The molecule has 2 heterocycles. The second-order valence-electron chi connectivity index (χ2n) is 7.28. The zero-order valence-corrected chi connectivity index (χ0v) is 20.1. The number of nitrogens with zero attached hydrogens (tertiary/aromatic N) is 2. The number of benzene rings is 1. The summed E-state index contributed by atoms with van der Waals surface area (Å²) >= 11 is 1.83. The molecule has 1 atom stereocenters. The van der Waals surface area contributed by atoms with Gasteiger partial charge in [-0.05, 0) is 56.8 Å². The van der Waals surface area contributed by atoms with E-state index in [1.54, 1.807) is 0 Å². The Morgan fingerprint density at radius 2 is 2.00 bits per heavy atom. The first-order chi connectivity index (χ1) is 13.2. The Balaban J connectivity index is 0.00000280. The maximum Gasteiger partial charge on any atom is 0.191 e. The lowest BCUT2D eigenvalue weighted by atomic mass is 10.1. The molecule has 6 heteroatoms. The van der Waals surface area contributed by atoms with Crippen LogP contribution in [0.3, 0.4) is 0 Å². The van der Waals surface area contributed by atoms with E-state index in [9.17, 15) is 0 Å². The zero-order chi connectivity index (χ0) is 18.9. The molecule has 1 aliphatic heterocycles. The third kappa shape index (κ3) is 7.72. The maximum atomic E-state index is 4.74. The molecule has 2 N–H and O–H groups in total. The van der Waals surface area contributed by atoms with Crippen LogP contribution in [0.1, 0.15) is 28.7 Å². The second-order valence-corrected chi connectivity index (χ2v) is 8.65. The summed E-state index contributed by atoms with van der Waals surface area (Å²) in [5.41, 5.74) is 1.43. The second kappa shape index (κ2) is 12.4. The lowest BCUT2D eigenvalue weighted by Crippen LogP contribution is -2.40. The van der Waals surface area contributed by atoms with Crippen molar-refractivity contribution in [3.8, 4) is 0 Å². The Morgan fingerprint density at radius 3 is 2.71 bits per heavy atom. The van der Waals surface area contributed by atoms with E-state index >= 15 is 0 Å². The van der Waals surface area contributed by atoms with Gasteiger partial charge in [0, 0.05) is 35.9 Å². The highest BCUT2D eigenvalue weighted by Gasteiger charge is 2.22. The summed E-state index contributed by atoms with van der Waals surface area (Å²) < 4.78 is 0. The summed E-state index contributed by atoms with van der Waals surface area (Å²) in [6, 6.07) is 15.1. The van der Waals surface area contributed by atoms with Crippen LogP contribution in [-0.2, 0) is 13.0 Å². The van der Waals surface area contributed by atoms with Crippen molar-refractivity contribution in [2.24, 2.45) is 10.9 Å². The summed E-state index contributed by atoms with van der Waals surface area (Å²) in [5.74, 6) is 1.64. The standard InChI is InChI=1S/C22H32N4S.HI/c1-3-23-22(25-16-21-10-9-18(2)27-21)24-15-20-12-14-26(17-20)13-11-19-7-5-4-6-8-19;/h4-10,20H,3,11-17H2,1-2H3,(H2,23,24,25);1H. The normalized spacial score (nSPS) is 17.4. The molecule has 0 saturated carbocycles. The molecule has 4 nitrogen and oxygen atoms in total. The summed E-state index contributed by atoms with van der Waals surface area (Å²) in [4.78, 5) is 10.0. The van der Waals surface area contributed by atoms with E-state index in [1.807, 2.05) is 11.3 Å². The first kappa shape index (κ1) is 23.2. The average molecular weight is 513 g/mol. The van der Waals surface area contributed by atoms with Crippen molar-refractivity contribution in [3.05, 3.63) is 57.8 Å². The van der Waals surface area contributed by atoms with E-state index in [2.05, 4.69) is 71.8 Å². The fourth-order valence-corrected chi connectivity index (χ4v) is 4.34. The van der Waals surface area contributed by atoms with Gasteiger partial charge in [0.25, 0.3) is 0 Å². The number of thiophene rings is 1. The minimum absolute atomic E-state index is 0. The molecule has 0 amide bonds. The van der Waals surface area contributed by atoms with Crippen LogP contribution in [0.25, 0.3) is 0 Å². The minimum atomic E-state index is 0. The van der Waals surface area contributed by atoms with Gasteiger partial charge in [-0.15, -0.1) is 35.3 Å². The van der Waals surface area contributed by atoms with Crippen LogP contribution in [0.5, 0.6) is 0 Å². The summed E-state index contributed by atoms with van der Waals surface area (Å²) in [5, 5.41) is 6.92. The molecule has 2 aromatic rings. The molecule has 3 rings (SSSR count). The molecule has 1 saturated heterocycles. The molecular weight excluding hydrogens is 479 g/mol. The van der Waals surface area contributed by atoms with Gasteiger partial charge in [-0.3, -0.25) is 0 Å². The molecular formula is C22H33IN4S. The third-order valence-corrected chi connectivity index (χ3v) is 6.01. The molecule has 0 spiro atoms. The smallest absolute Gasteiger partial charge is 0.191 e. The highest BCUT2D eigenvalue weighted by Crippen LogP contribution is 2.17. The predicted molar refractivity (Wildman–Crippen MR) is 132 cm³/mol. The van der Waals surface area contributed by atoms with Gasteiger partial charge < -0.3 is 15.5 Å². The minimum Gasteiger partial charge on any atom is -0.357 e. The quantitative estimate of drug-likeness (QED) is 0.315. The maximum absolute atomic E-state index is 4.74. The number of rotatable bonds is 8. The van der Waals surface area contributed by atoms with Crippen molar-refractivity contribution in [2.75, 3.05) is 32.7 Å². The fraction of sp³-hybridized carbons (Fsp3) is 0.500. The zero-order valence-electron chi connectivity index (χ0n) is 17.0. The number of likely N-dealkylation sites (tertiary alicyclic amines) is 1. The molecule has 0 aliphatic carbocycles. The number of nitrogens with one attached hydrogen (secondary N) is 2. The van der Waals surface area contributed by atoms with Gasteiger partial charge in [0.15, 0.2) is 5.96 Å². The van der Waals surface area contributed by atoms with Gasteiger partial charge >= 0.3 is 0 Å². The molecule has 28 heavy (non-hydrogen) atoms. The Bertz CT molecular complexity index is 716. The van der Waals surface area contributed by atoms with E-state index in [0.29, 0.717) is 5.92 Å². The topological polar surface area (TPSA) is 39.7 Å². The van der Waals surface area contributed by atoms with Gasteiger partial charge in [-0.2, -0.15) is 0 Å². The first-order valence-electron chi connectivity index (χ1n) is 10.1. The van der Waals surface area contributed by atoms with Crippen molar-refractivity contribution in [1.82, 2.24) is 15.5 Å². The number of halogens is 1. The van der Waals surface area contributed by atoms with Crippen LogP contribution in [0, 0.1) is 12.8 Å². The van der Waals surface area contributed by atoms with E-state index in [4.69, 9.17) is 4.99 Å². The summed E-state index contributed by atoms with van der Waals surface area (Å²) in [7, 11) is 0. The number of hydrogen-bond acceptors (Lipinski definition) is 3. The van der Waals surface area contributed by atoms with Crippen molar-refractivity contribution in [2.45, 2.75) is 33.2 Å². The highest BCUT2D eigenvalue weighted by molar-refractivity contribution is 14.0. The van der Waals surface area contributed by atoms with E-state index < -0.39 is 0 Å². The predicted octanol–water partition coefficient (Wildman–Crippen LogP) is 4.29. The Hall–Kier alpha value is -1.12. The largest absolute Gasteiger partial charge is 0.357 e. The Labute approximate surface area is 190 Å². The Kier molecular flexibility index (Phi) is 10.3. The third-order valence-electron chi connectivity index (χ3n) is 5.02. The SMILES string of the molecule is CCNC(=NCc1ccc(C)s1)NCC1CCN(CCc2ccccc2)C1.I. The highest BCUT2D eigenvalue weighted by atomic mass is 127. The molecule has 1 unspecified atom stereocenters. The van der Waals surface area contributed by atoms with Crippen LogP contribution in [0.4, 0.5) is 0 Å². The van der Waals surface area contributed by atoms with Crippen molar-refractivity contribution >= 4 is 41.3 Å². The average Bonchev–Trinajstić information content (AvgIpc) is 3.32. The van der Waals surface area contributed by atoms with Crippen LogP contribution < -0.4 is 10.6 Å². The van der Waals surface area contributed by atoms with E-state index in [-0.39, 0.29) is 24.0 Å². The molecule has 1 fully saturated rings. The monoisotopic (exact) mass is 512 g/mol. The van der Waals surface area contributed by atoms with Gasteiger partial charge in [0.1, 0.15) is 0 Å². The van der Waals surface area contributed by atoms with E-state index in [1.165, 1.54) is 34.8 Å². The number of aryl methyl sites for hydroxylation is 1. The molecule has 0 radical (unpaired) electrons. The molecule has 1 aliphatic rings. The Morgan fingerprint density at radius 1 is 1.18 bits per heavy atom. The molecule has 1 aromatic carbocycles. The molecule has 1 aromatic heterocycles. The van der Waals surface area contributed by atoms with Gasteiger partial charge in [0.2, 0.25) is 0 Å². The van der Waals surface area contributed by atoms with Gasteiger partial charge in [-0.1, -0.05) is 30.3 Å². The van der Waals surface area contributed by atoms with E-state index in [0.717, 1.165) is 38.6 Å². The van der Waals surface area contributed by atoms with Crippen LogP contribution in [0.2, 0.25) is 0 Å². The summed E-state index contributed by atoms with van der Waals surface area (Å²) in [6.45, 7) is 10.5. The molecule has 0 bridgehead atoms. The van der Waals surface area contributed by atoms with Crippen molar-refractivity contribution < 1.29 is 0 Å². The number of aliphatic imine (C=N–C) groups is 1. The number of hydrogen-bond donors (Lipinski definition) is 2. The van der Waals surface area contributed by atoms with Crippen molar-refractivity contribution in [3.63, 3.8) is 0 Å². The lowest BCUT2D eigenvalue weighted by molar-refractivity contribution is 0.328. The first-order valence-corrected chi connectivity index (χ1v) is 10.9. The molecule has 154 valence electrons. The van der Waals surface area contributed by atoms with Gasteiger partial charge in [0.05, 0.1) is 6.54 Å². The van der Waals surface area contributed by atoms with Gasteiger partial charge in [-0.25, -0.2) is 4.99 Å². The van der Waals surface area contributed by atoms with Crippen molar-refractivity contribution in [1.29, 1.82) is 0 Å². The lowest BCUT2D eigenvalue weighted by Gasteiger charge is -2.17. The summed E-state index contributed by atoms with van der Waals surface area (Å²) in [6.07, 6.45) is 2.41. The van der Waals surface area contributed by atoms with Crippen LogP contribution in [0.15, 0.2) is 47.5 Å². The van der Waals surface area contributed by atoms with Crippen LogP contribution in [-0.4, -0.2) is 43.6 Å². The van der Waals surface area contributed by atoms with Crippen LogP contribution >= 0.6 is 35.3 Å². The fourth-order valence-electron chi connectivity index (χ4n) is 3.52.